The van der Waals surface area contributed by atoms with Crippen LogP contribution >= 0.6 is 11.8 Å². The van der Waals surface area contributed by atoms with E-state index in [1.54, 1.807) is 0 Å². The van der Waals surface area contributed by atoms with Crippen LogP contribution < -0.4 is 4.74 Å². The number of aliphatic hydroxyl groups excluding tert-OH is 1. The smallest absolute Gasteiger partial charge is 0.119 e. The van der Waals surface area contributed by atoms with E-state index in [1.807, 2.05) is 42.1 Å². The first kappa shape index (κ1) is 13.4. The van der Waals surface area contributed by atoms with Gasteiger partial charge in [0.15, 0.2) is 0 Å². The first-order valence-electron chi connectivity index (χ1n) is 5.69. The maximum atomic E-state index is 8.85. The third-order valence-electron chi connectivity index (χ3n) is 2.16. The standard InChI is InChI=1S/C13H20O2S/c1-12(10-14)11-16-9-5-8-15-13-6-3-2-4-7-13/h2-4,6-7,12,14H,5,8-11H2,1H3. The van der Waals surface area contributed by atoms with Gasteiger partial charge in [0.25, 0.3) is 0 Å². The van der Waals surface area contributed by atoms with Crippen molar-refractivity contribution in [3.8, 4) is 5.75 Å². The van der Waals surface area contributed by atoms with Crippen LogP contribution in [0, 0.1) is 5.92 Å². The normalized spacial score (nSPS) is 12.4. The summed E-state index contributed by atoms with van der Waals surface area (Å²) >= 11 is 1.88. The Balaban J connectivity index is 1.96. The van der Waals surface area contributed by atoms with Crippen molar-refractivity contribution in [1.82, 2.24) is 0 Å². The first-order chi connectivity index (χ1) is 7.83. The van der Waals surface area contributed by atoms with E-state index in [1.165, 1.54) is 0 Å². The molecule has 0 amide bonds. The number of thioether (sulfide) groups is 1. The summed E-state index contributed by atoms with van der Waals surface area (Å²) in [6, 6.07) is 9.89. The highest BCUT2D eigenvalue weighted by molar-refractivity contribution is 7.99. The lowest BCUT2D eigenvalue weighted by atomic mass is 10.2. The van der Waals surface area contributed by atoms with E-state index < -0.39 is 0 Å². The van der Waals surface area contributed by atoms with Gasteiger partial charge in [0.2, 0.25) is 0 Å². The van der Waals surface area contributed by atoms with E-state index in [2.05, 4.69) is 6.92 Å². The van der Waals surface area contributed by atoms with Gasteiger partial charge in [-0.15, -0.1) is 0 Å². The Morgan fingerprint density at radius 1 is 1.31 bits per heavy atom. The van der Waals surface area contributed by atoms with Gasteiger partial charge in [-0.1, -0.05) is 25.1 Å². The number of benzene rings is 1. The van der Waals surface area contributed by atoms with Crippen molar-refractivity contribution in [2.45, 2.75) is 13.3 Å². The van der Waals surface area contributed by atoms with E-state index in [0.29, 0.717) is 5.92 Å². The Bertz CT molecular complexity index is 264. The summed E-state index contributed by atoms with van der Waals surface area (Å²) in [6.45, 7) is 3.12. The lowest BCUT2D eigenvalue weighted by Gasteiger charge is -2.08. The van der Waals surface area contributed by atoms with Crippen molar-refractivity contribution in [2.75, 3.05) is 24.7 Å². The molecule has 0 radical (unpaired) electrons. The number of hydrogen-bond donors (Lipinski definition) is 1. The molecule has 0 spiro atoms. The van der Waals surface area contributed by atoms with Crippen molar-refractivity contribution in [3.05, 3.63) is 30.3 Å². The van der Waals surface area contributed by atoms with Crippen LogP contribution in [0.2, 0.25) is 0 Å². The molecule has 0 heterocycles. The predicted octanol–water partition coefficient (Wildman–Crippen LogP) is 2.82. The quantitative estimate of drug-likeness (QED) is 0.709. The number of hydrogen-bond acceptors (Lipinski definition) is 3. The van der Waals surface area contributed by atoms with Crippen LogP contribution in [0.1, 0.15) is 13.3 Å². The molecule has 1 atom stereocenters. The second-order valence-corrected chi connectivity index (χ2v) is 5.03. The minimum atomic E-state index is 0.285. The van der Waals surface area contributed by atoms with Crippen molar-refractivity contribution in [1.29, 1.82) is 0 Å². The molecule has 0 fully saturated rings. The molecule has 0 aliphatic rings. The molecule has 1 N–H and O–H groups in total. The van der Waals surface area contributed by atoms with Gasteiger partial charge in [-0.25, -0.2) is 0 Å². The van der Waals surface area contributed by atoms with E-state index in [9.17, 15) is 0 Å². The van der Waals surface area contributed by atoms with Crippen molar-refractivity contribution in [2.24, 2.45) is 5.92 Å². The molecule has 0 aliphatic heterocycles. The van der Waals surface area contributed by atoms with Crippen LogP contribution in [0.4, 0.5) is 0 Å². The van der Waals surface area contributed by atoms with Crippen LogP contribution in [0.15, 0.2) is 30.3 Å². The second kappa shape index (κ2) is 8.48. The molecule has 90 valence electrons. The topological polar surface area (TPSA) is 29.5 Å². The van der Waals surface area contributed by atoms with Gasteiger partial charge in [0, 0.05) is 6.61 Å². The number of ether oxygens (including phenoxy) is 1. The van der Waals surface area contributed by atoms with Crippen LogP contribution in [0.3, 0.4) is 0 Å². The molecular formula is C13H20O2S. The first-order valence-corrected chi connectivity index (χ1v) is 6.85. The molecule has 2 nitrogen and oxygen atoms in total. The highest BCUT2D eigenvalue weighted by Gasteiger charge is 1.99. The van der Waals surface area contributed by atoms with E-state index in [0.717, 1.165) is 30.3 Å². The highest BCUT2D eigenvalue weighted by Crippen LogP contribution is 2.11. The fourth-order valence-corrected chi connectivity index (χ4v) is 2.20. The minimum absolute atomic E-state index is 0.285. The van der Waals surface area contributed by atoms with Crippen LogP contribution in [0.25, 0.3) is 0 Å². The van der Waals surface area contributed by atoms with Gasteiger partial charge in [0.05, 0.1) is 6.61 Å². The summed E-state index contributed by atoms with van der Waals surface area (Å²) in [5, 5.41) is 8.85. The Labute approximate surface area is 102 Å². The van der Waals surface area contributed by atoms with E-state index in [-0.39, 0.29) is 6.61 Å². The zero-order chi connectivity index (χ0) is 11.6. The molecule has 1 aromatic rings. The third-order valence-corrected chi connectivity index (χ3v) is 3.54. The second-order valence-electron chi connectivity index (χ2n) is 3.88. The van der Waals surface area contributed by atoms with Gasteiger partial charge >= 0.3 is 0 Å². The molecule has 3 heteroatoms. The molecule has 1 unspecified atom stereocenters. The average Bonchev–Trinajstić information content (AvgIpc) is 2.34. The fraction of sp³-hybridized carbons (Fsp3) is 0.538. The SMILES string of the molecule is CC(CO)CSCCCOc1ccccc1. The van der Waals surface area contributed by atoms with Crippen LogP contribution in [-0.2, 0) is 0 Å². The molecule has 0 bridgehead atoms. The molecule has 1 rings (SSSR count). The molecule has 16 heavy (non-hydrogen) atoms. The van der Waals surface area contributed by atoms with E-state index in [4.69, 9.17) is 9.84 Å². The average molecular weight is 240 g/mol. The van der Waals surface area contributed by atoms with Crippen LogP contribution in [-0.4, -0.2) is 29.8 Å². The highest BCUT2D eigenvalue weighted by atomic mass is 32.2. The van der Waals surface area contributed by atoms with Gasteiger partial charge in [-0.2, -0.15) is 11.8 Å². The summed E-state index contributed by atoms with van der Waals surface area (Å²) < 4.78 is 5.58. The van der Waals surface area contributed by atoms with Crippen LogP contribution in [0.5, 0.6) is 5.75 Å². The third kappa shape index (κ3) is 6.03. The maximum absolute atomic E-state index is 8.85. The van der Waals surface area contributed by atoms with Gasteiger partial charge < -0.3 is 9.84 Å². The lowest BCUT2D eigenvalue weighted by Crippen LogP contribution is -2.05. The number of para-hydroxylation sites is 1. The molecule has 0 aliphatic carbocycles. The summed E-state index contributed by atoms with van der Waals surface area (Å²) in [7, 11) is 0. The zero-order valence-electron chi connectivity index (χ0n) is 9.76. The van der Waals surface area contributed by atoms with Crippen molar-refractivity contribution < 1.29 is 9.84 Å². The zero-order valence-corrected chi connectivity index (χ0v) is 10.6. The molecule has 0 aromatic heterocycles. The molecular weight excluding hydrogens is 220 g/mol. The number of rotatable bonds is 8. The largest absolute Gasteiger partial charge is 0.494 e. The molecule has 1 aromatic carbocycles. The summed E-state index contributed by atoms with van der Waals surface area (Å²) in [4.78, 5) is 0. The Morgan fingerprint density at radius 2 is 2.06 bits per heavy atom. The van der Waals surface area contributed by atoms with Gasteiger partial charge in [-0.05, 0) is 36.0 Å². The minimum Gasteiger partial charge on any atom is -0.494 e. The maximum Gasteiger partial charge on any atom is 0.119 e. The van der Waals surface area contributed by atoms with E-state index >= 15 is 0 Å². The summed E-state index contributed by atoms with van der Waals surface area (Å²) in [5.74, 6) is 3.47. The summed E-state index contributed by atoms with van der Waals surface area (Å²) in [6.07, 6.45) is 1.05. The van der Waals surface area contributed by atoms with Gasteiger partial charge in [-0.3, -0.25) is 0 Å². The Morgan fingerprint density at radius 3 is 2.75 bits per heavy atom. The monoisotopic (exact) mass is 240 g/mol. The van der Waals surface area contributed by atoms with Crippen molar-refractivity contribution >= 4 is 11.8 Å². The molecule has 0 saturated carbocycles. The molecule has 0 saturated heterocycles. The number of aliphatic hydroxyl groups is 1. The fourth-order valence-electron chi connectivity index (χ4n) is 1.20. The summed E-state index contributed by atoms with van der Waals surface area (Å²) in [5.41, 5.74) is 0. The Kier molecular flexibility index (Phi) is 7.10. The van der Waals surface area contributed by atoms with Gasteiger partial charge in [0.1, 0.15) is 5.75 Å². The van der Waals surface area contributed by atoms with Crippen molar-refractivity contribution in [3.63, 3.8) is 0 Å². The lowest BCUT2D eigenvalue weighted by molar-refractivity contribution is 0.250. The predicted molar refractivity (Wildman–Crippen MR) is 70.1 cm³/mol. The Hall–Kier alpha value is -0.670.